The van der Waals surface area contributed by atoms with Crippen LogP contribution in [-0.4, -0.2) is 92.6 Å². The molecule has 0 aliphatic carbocycles. The normalized spacial score (nSPS) is 25.4. The van der Waals surface area contributed by atoms with E-state index in [0.29, 0.717) is 48.2 Å². The first kappa shape index (κ1) is 29.8. The van der Waals surface area contributed by atoms with Crippen molar-refractivity contribution in [3.8, 4) is 35.4 Å². The van der Waals surface area contributed by atoms with Gasteiger partial charge in [-0.05, 0) is 55.8 Å². The molecule has 6 heterocycles. The van der Waals surface area contributed by atoms with Gasteiger partial charge in [-0.25, -0.2) is 13.8 Å². The van der Waals surface area contributed by atoms with Gasteiger partial charge < -0.3 is 25.2 Å². The van der Waals surface area contributed by atoms with Gasteiger partial charge in [-0.2, -0.15) is 9.97 Å². The van der Waals surface area contributed by atoms with Crippen LogP contribution >= 0.6 is 0 Å². The zero-order valence-corrected chi connectivity index (χ0v) is 25.7. The maximum atomic E-state index is 17.1. The van der Waals surface area contributed by atoms with Crippen LogP contribution in [0.15, 0.2) is 30.3 Å². The number of carbonyl (C=O) groups is 1. The van der Waals surface area contributed by atoms with Crippen molar-refractivity contribution in [1.29, 1.82) is 0 Å². The first-order chi connectivity index (χ1) is 22.7. The lowest BCUT2D eigenvalue weighted by molar-refractivity contribution is -0.136. The molecular weight excluding hydrogens is 606 g/mol. The number of alkyl halides is 1. The van der Waals surface area contributed by atoms with E-state index in [4.69, 9.17) is 16.1 Å². The Hall–Kier alpha value is -4.60. The molecule has 2 aromatic heterocycles. The molecular formula is C35H34F2N6O4. The van der Waals surface area contributed by atoms with Crippen LogP contribution in [0, 0.1) is 18.2 Å². The van der Waals surface area contributed by atoms with E-state index >= 15 is 4.39 Å². The third-order valence-electron chi connectivity index (χ3n) is 10.3. The number of terminal acetylenes is 1. The number of hydrogen-bond acceptors (Lipinski definition) is 9. The third kappa shape index (κ3) is 5.09. The number of hydrogen-bond donors (Lipinski definition) is 3. The van der Waals surface area contributed by atoms with Gasteiger partial charge in [-0.3, -0.25) is 9.69 Å². The molecule has 0 spiro atoms. The number of carboxylic acid groups (broad SMARTS) is 1. The number of pyridine rings is 1. The third-order valence-corrected chi connectivity index (χ3v) is 10.3. The molecule has 0 amide bonds. The van der Waals surface area contributed by atoms with Crippen LogP contribution in [0.3, 0.4) is 0 Å². The van der Waals surface area contributed by atoms with Crippen LogP contribution in [0.1, 0.15) is 43.4 Å². The SMILES string of the molecule is C#Cc1cccc2cc(O)cc(-c3nc(CC(=O)O)c4c(N5CC6CCC(C5)N6)nc(OC[C@@]56CCCN5C[C@H](F)C6)nc4c3F)c12. The molecule has 12 heteroatoms. The number of halogens is 2. The number of rotatable bonds is 7. The Bertz CT molecular complexity index is 1970. The highest BCUT2D eigenvalue weighted by Gasteiger charge is 2.49. The van der Waals surface area contributed by atoms with Gasteiger partial charge in [0.1, 0.15) is 35.6 Å². The maximum absolute atomic E-state index is 17.1. The minimum atomic E-state index is -1.16. The number of phenolic OH excluding ortho intramolecular Hbond substituents is 1. The fourth-order valence-corrected chi connectivity index (χ4v) is 8.29. The fraction of sp³-hybridized carbons (Fsp3) is 0.429. The summed E-state index contributed by atoms with van der Waals surface area (Å²) < 4.78 is 37.9. The van der Waals surface area contributed by atoms with Crippen LogP contribution in [0.5, 0.6) is 11.8 Å². The minimum Gasteiger partial charge on any atom is -0.508 e. The van der Waals surface area contributed by atoms with Crippen LogP contribution in [-0.2, 0) is 11.2 Å². The van der Waals surface area contributed by atoms with Crippen molar-refractivity contribution in [3.63, 3.8) is 0 Å². The number of nitrogens with zero attached hydrogens (tertiary/aromatic N) is 5. The molecule has 4 aromatic rings. The number of ether oxygens (including phenoxy) is 1. The van der Waals surface area contributed by atoms with E-state index in [-0.39, 0.29) is 58.3 Å². The van der Waals surface area contributed by atoms with E-state index in [1.807, 2.05) is 4.90 Å². The second kappa shape index (κ2) is 11.3. The van der Waals surface area contributed by atoms with Gasteiger partial charge in [-0.1, -0.05) is 18.1 Å². The molecule has 3 N–H and O–H groups in total. The van der Waals surface area contributed by atoms with Crippen LogP contribution in [0.2, 0.25) is 0 Å². The number of aliphatic carboxylic acids is 1. The maximum Gasteiger partial charge on any atom is 0.319 e. The number of nitrogens with one attached hydrogen (secondary N) is 1. The second-order valence-corrected chi connectivity index (χ2v) is 13.3. The monoisotopic (exact) mass is 640 g/mol. The largest absolute Gasteiger partial charge is 0.508 e. The topological polar surface area (TPSA) is 124 Å². The highest BCUT2D eigenvalue weighted by Crippen LogP contribution is 2.42. The fourth-order valence-electron chi connectivity index (χ4n) is 8.29. The average Bonchev–Trinajstić information content (AvgIpc) is 3.70. The molecule has 2 aromatic carbocycles. The molecule has 0 radical (unpaired) electrons. The van der Waals surface area contributed by atoms with Crippen molar-refractivity contribution in [2.75, 3.05) is 37.7 Å². The number of piperazine rings is 1. The summed E-state index contributed by atoms with van der Waals surface area (Å²) in [6.45, 7) is 2.46. The van der Waals surface area contributed by atoms with E-state index in [1.54, 1.807) is 18.2 Å². The predicted octanol–water partition coefficient (Wildman–Crippen LogP) is 4.19. The number of aromatic hydroxyl groups is 1. The summed E-state index contributed by atoms with van der Waals surface area (Å²) in [5.41, 5.74) is -0.0441. The van der Waals surface area contributed by atoms with Crippen molar-refractivity contribution < 1.29 is 28.5 Å². The highest BCUT2D eigenvalue weighted by molar-refractivity contribution is 6.03. The zero-order chi connectivity index (χ0) is 32.4. The van der Waals surface area contributed by atoms with Crippen LogP contribution in [0.25, 0.3) is 32.9 Å². The molecule has 10 nitrogen and oxygen atoms in total. The predicted molar refractivity (Wildman–Crippen MR) is 172 cm³/mol. The summed E-state index contributed by atoms with van der Waals surface area (Å²) in [4.78, 5) is 30.4. The van der Waals surface area contributed by atoms with E-state index in [2.05, 4.69) is 26.1 Å². The average molecular weight is 641 g/mol. The van der Waals surface area contributed by atoms with Gasteiger partial charge >= 0.3 is 12.0 Å². The number of carboxylic acids is 1. The summed E-state index contributed by atoms with van der Waals surface area (Å²) >= 11 is 0. The van der Waals surface area contributed by atoms with Crippen molar-refractivity contribution in [2.24, 2.45) is 0 Å². The lowest BCUT2D eigenvalue weighted by Crippen LogP contribution is -2.51. The van der Waals surface area contributed by atoms with Gasteiger partial charge in [0.15, 0.2) is 5.82 Å². The van der Waals surface area contributed by atoms with Gasteiger partial charge in [0, 0.05) is 54.7 Å². The molecule has 242 valence electrons. The molecule has 4 atom stereocenters. The number of fused-ring (bicyclic) bond motifs is 5. The molecule has 47 heavy (non-hydrogen) atoms. The molecule has 8 rings (SSSR count). The lowest BCUT2D eigenvalue weighted by atomic mass is 9.95. The smallest absolute Gasteiger partial charge is 0.319 e. The molecule has 4 aliphatic heterocycles. The van der Waals surface area contributed by atoms with Gasteiger partial charge in [0.25, 0.3) is 0 Å². The number of phenols is 1. The summed E-state index contributed by atoms with van der Waals surface area (Å²) in [7, 11) is 0. The summed E-state index contributed by atoms with van der Waals surface area (Å²) in [6, 6.07) is 8.44. The van der Waals surface area contributed by atoms with E-state index in [9.17, 15) is 19.4 Å². The second-order valence-electron chi connectivity index (χ2n) is 13.3. The zero-order valence-electron chi connectivity index (χ0n) is 25.7. The van der Waals surface area contributed by atoms with Gasteiger partial charge in [-0.15, -0.1) is 6.42 Å². The Balaban J connectivity index is 1.34. The molecule has 0 saturated carbocycles. The van der Waals surface area contributed by atoms with Gasteiger partial charge in [0.2, 0.25) is 0 Å². The molecule has 4 saturated heterocycles. The Morgan fingerprint density at radius 3 is 2.72 bits per heavy atom. The van der Waals surface area contributed by atoms with E-state index < -0.39 is 29.9 Å². The number of anilines is 1. The first-order valence-electron chi connectivity index (χ1n) is 16.1. The van der Waals surface area contributed by atoms with Crippen molar-refractivity contribution in [2.45, 2.75) is 62.3 Å². The summed E-state index contributed by atoms with van der Waals surface area (Å²) in [6.07, 6.45) is 8.39. The quantitative estimate of drug-likeness (QED) is 0.254. The van der Waals surface area contributed by atoms with Crippen molar-refractivity contribution in [1.82, 2.24) is 25.2 Å². The Kier molecular flexibility index (Phi) is 7.15. The van der Waals surface area contributed by atoms with E-state index in [1.165, 1.54) is 12.1 Å². The summed E-state index contributed by atoms with van der Waals surface area (Å²) in [5.74, 6) is 0.885. The molecule has 4 fully saturated rings. The summed E-state index contributed by atoms with van der Waals surface area (Å²) in [5, 5.41) is 25.5. The van der Waals surface area contributed by atoms with E-state index in [0.717, 1.165) is 32.2 Å². The van der Waals surface area contributed by atoms with Crippen molar-refractivity contribution in [3.05, 3.63) is 47.4 Å². The van der Waals surface area contributed by atoms with Gasteiger partial charge in [0.05, 0.1) is 23.0 Å². The van der Waals surface area contributed by atoms with Crippen LogP contribution < -0.4 is 15.0 Å². The standard InChI is InChI=1S/C35H34F2N6O4/c1-2-19-5-3-6-20-11-24(44)12-25(28(19)20)31-30(37)32-29(26(39-31)13-27(45)46)33(42-16-22-7-8-23(17-42)38-22)41-34(40-32)47-18-35-9-4-10-43(35)15-21(36)14-35/h1,3,5-6,11-12,21-23,38,44H,4,7-10,13-18H2,(H,45,46)/t21-,22?,23?,35+/m1/s1. The van der Waals surface area contributed by atoms with Crippen LogP contribution in [0.4, 0.5) is 14.6 Å². The Morgan fingerprint density at radius 1 is 1.15 bits per heavy atom. The minimum absolute atomic E-state index is 0.0654. The lowest BCUT2D eigenvalue weighted by Gasteiger charge is -2.35. The Morgan fingerprint density at radius 2 is 1.96 bits per heavy atom. The highest BCUT2D eigenvalue weighted by atomic mass is 19.1. The first-order valence-corrected chi connectivity index (χ1v) is 16.1. The number of aromatic nitrogens is 3. The number of benzene rings is 2. The van der Waals surface area contributed by atoms with Crippen molar-refractivity contribution >= 4 is 33.5 Å². The molecule has 4 aliphatic rings. The Labute approximate surface area is 269 Å². The molecule has 2 unspecified atom stereocenters. The molecule has 2 bridgehead atoms.